The highest BCUT2D eigenvalue weighted by Gasteiger charge is 2.36. The van der Waals surface area contributed by atoms with E-state index in [-0.39, 0.29) is 12.3 Å². The number of aryl methyl sites for hydroxylation is 1. The normalized spacial score (nSPS) is 18.8. The van der Waals surface area contributed by atoms with Crippen LogP contribution >= 0.6 is 0 Å². The second-order valence-electron chi connectivity index (χ2n) is 8.67. The molecule has 0 saturated carbocycles. The van der Waals surface area contributed by atoms with Crippen LogP contribution in [0.15, 0.2) is 48.6 Å². The first kappa shape index (κ1) is 22.0. The van der Waals surface area contributed by atoms with Crippen LogP contribution in [0.1, 0.15) is 24.6 Å². The van der Waals surface area contributed by atoms with Crippen LogP contribution in [0.25, 0.3) is 10.9 Å². The molecule has 5 rings (SSSR count). The number of primary amides is 1. The van der Waals surface area contributed by atoms with E-state index in [0.29, 0.717) is 11.8 Å². The Labute approximate surface area is 197 Å². The van der Waals surface area contributed by atoms with Gasteiger partial charge in [0.1, 0.15) is 12.0 Å². The molecule has 2 aliphatic heterocycles. The lowest BCUT2D eigenvalue weighted by Crippen LogP contribution is -2.37. The number of nitrogens with two attached hydrogens (primary N) is 1. The number of piperidine rings is 1. The minimum Gasteiger partial charge on any atom is -0.481 e. The molecule has 4 heterocycles. The summed E-state index contributed by atoms with van der Waals surface area (Å²) in [4.78, 5) is 20.8. The molecule has 0 spiro atoms. The number of carbonyl (C=O) groups excluding carboxylic acids is 1. The molecule has 2 aromatic heterocycles. The molecule has 1 aromatic carbocycles. The number of aliphatic hydroxyl groups is 1. The molecule has 3 N–H and O–H groups in total. The average molecular weight is 465 g/mol. The number of aliphatic hydroxyl groups excluding tert-OH is 1. The molecule has 1 atom stereocenters. The van der Waals surface area contributed by atoms with Gasteiger partial charge in [-0.15, -0.1) is 0 Å². The van der Waals surface area contributed by atoms with E-state index in [2.05, 4.69) is 15.0 Å². The number of carbonyl (C=O) groups is 1. The van der Waals surface area contributed by atoms with Crippen LogP contribution in [0.2, 0.25) is 0 Å². The van der Waals surface area contributed by atoms with Gasteiger partial charge in [-0.2, -0.15) is 5.10 Å². The summed E-state index contributed by atoms with van der Waals surface area (Å²) in [5.41, 5.74) is 9.41. The Kier molecular flexibility index (Phi) is 5.74. The lowest BCUT2D eigenvalue weighted by Gasteiger charge is -2.37. The Balaban J connectivity index is 1.64. The van der Waals surface area contributed by atoms with E-state index in [1.807, 2.05) is 36.3 Å². The minimum atomic E-state index is -0.623. The first-order valence-electron chi connectivity index (χ1n) is 11.3. The van der Waals surface area contributed by atoms with Crippen LogP contribution in [-0.2, 0) is 16.6 Å². The van der Waals surface area contributed by atoms with Crippen molar-refractivity contribution in [2.24, 2.45) is 18.7 Å². The summed E-state index contributed by atoms with van der Waals surface area (Å²) >= 11 is 0. The Hall–Kier alpha value is -3.79. The van der Waals surface area contributed by atoms with Crippen molar-refractivity contribution in [2.75, 3.05) is 36.6 Å². The number of hydrogen-bond donors (Lipinski definition) is 2. The van der Waals surface area contributed by atoms with E-state index in [1.54, 1.807) is 24.1 Å². The van der Waals surface area contributed by atoms with Crippen LogP contribution in [0.5, 0.6) is 5.88 Å². The number of rotatable bonds is 6. The van der Waals surface area contributed by atoms with Gasteiger partial charge in [0.25, 0.3) is 5.91 Å². The smallest absolute Gasteiger partial charge is 0.268 e. The number of nitrogens with zero attached hydrogens (tertiary/aromatic N) is 5. The van der Waals surface area contributed by atoms with Gasteiger partial charge in [-0.25, -0.2) is 4.98 Å². The predicted octanol–water partition coefficient (Wildman–Crippen LogP) is 2.05. The average Bonchev–Trinajstić information content (AvgIpc) is 3.46. The number of methoxy groups -OCH3 is 1. The van der Waals surface area contributed by atoms with E-state index in [4.69, 9.17) is 15.2 Å². The lowest BCUT2D eigenvalue weighted by molar-refractivity contribution is -0.114. The number of pyridine rings is 1. The third-order valence-corrected chi connectivity index (χ3v) is 6.50. The minimum absolute atomic E-state index is 0.195. The van der Waals surface area contributed by atoms with Crippen LogP contribution in [0.3, 0.4) is 0 Å². The van der Waals surface area contributed by atoms with Gasteiger partial charge in [0.2, 0.25) is 12.1 Å². The molecule has 34 heavy (non-hydrogen) atoms. The predicted molar refractivity (Wildman–Crippen MR) is 127 cm³/mol. The van der Waals surface area contributed by atoms with Gasteiger partial charge in [0, 0.05) is 56.2 Å². The molecule has 10 heteroatoms. The molecular formula is C24H28N6O4. The van der Waals surface area contributed by atoms with Gasteiger partial charge >= 0.3 is 0 Å². The molecular weight excluding hydrogens is 436 g/mol. The van der Waals surface area contributed by atoms with E-state index < -0.39 is 12.1 Å². The summed E-state index contributed by atoms with van der Waals surface area (Å²) in [6, 6.07) is 7.68. The highest BCUT2D eigenvalue weighted by atomic mass is 16.5. The summed E-state index contributed by atoms with van der Waals surface area (Å²) in [6.07, 6.45) is 6.14. The standard InChI is InChI=1S/C24H28N6O4/c1-28-12-17-9-20(19(11-18(17)27-28)29-7-4-15(13-31)5-8-29)30-21(23(25)32)14-34-24(30)16-3-6-26-22(10-16)33-2/h3,6,9-12,14-15,24,31H,4-5,7-8,13H2,1-2H3,(H2,25,32). The van der Waals surface area contributed by atoms with Crippen LogP contribution in [0.4, 0.5) is 11.4 Å². The number of ether oxygens (including phenoxy) is 2. The summed E-state index contributed by atoms with van der Waals surface area (Å²) in [7, 11) is 3.43. The van der Waals surface area contributed by atoms with Gasteiger partial charge in [0.05, 0.1) is 24.0 Å². The van der Waals surface area contributed by atoms with Gasteiger partial charge < -0.3 is 25.2 Å². The van der Waals surface area contributed by atoms with Gasteiger partial charge in [0.15, 0.2) is 0 Å². The fourth-order valence-electron chi connectivity index (χ4n) is 4.70. The third-order valence-electron chi connectivity index (χ3n) is 6.50. The SMILES string of the molecule is COc1cc(C2OC=C(C(N)=O)N2c2cc3cn(C)nc3cc2N2CCC(CO)CC2)ccn1. The molecule has 1 amide bonds. The maximum Gasteiger partial charge on any atom is 0.268 e. The number of aromatic nitrogens is 3. The van der Waals surface area contributed by atoms with Crippen molar-refractivity contribution in [2.45, 2.75) is 19.1 Å². The Morgan fingerprint density at radius 3 is 2.76 bits per heavy atom. The molecule has 3 aromatic rings. The molecule has 0 aliphatic carbocycles. The summed E-state index contributed by atoms with van der Waals surface area (Å²) in [5, 5.41) is 15.1. The van der Waals surface area contributed by atoms with Gasteiger partial charge in [-0.1, -0.05) is 0 Å². The Morgan fingerprint density at radius 2 is 2.06 bits per heavy atom. The van der Waals surface area contributed by atoms with E-state index >= 15 is 0 Å². The van der Waals surface area contributed by atoms with Crippen LogP contribution in [-0.4, -0.2) is 52.6 Å². The fraction of sp³-hybridized carbons (Fsp3) is 0.375. The molecule has 10 nitrogen and oxygen atoms in total. The van der Waals surface area contributed by atoms with Crippen molar-refractivity contribution < 1.29 is 19.4 Å². The largest absolute Gasteiger partial charge is 0.481 e. The molecule has 2 aliphatic rings. The zero-order chi connectivity index (χ0) is 23.8. The maximum absolute atomic E-state index is 12.5. The summed E-state index contributed by atoms with van der Waals surface area (Å²) < 4.78 is 13.0. The number of benzene rings is 1. The van der Waals surface area contributed by atoms with Crippen molar-refractivity contribution >= 4 is 28.2 Å². The maximum atomic E-state index is 12.5. The molecule has 1 saturated heterocycles. The summed E-state index contributed by atoms with van der Waals surface area (Å²) in [6.45, 7) is 1.77. The van der Waals surface area contributed by atoms with Crippen LogP contribution < -0.4 is 20.3 Å². The summed E-state index contributed by atoms with van der Waals surface area (Å²) in [5.74, 6) is 0.161. The molecule has 0 bridgehead atoms. The zero-order valence-corrected chi connectivity index (χ0v) is 19.2. The van der Waals surface area contributed by atoms with Crippen molar-refractivity contribution in [1.29, 1.82) is 0 Å². The van der Waals surface area contributed by atoms with Crippen LogP contribution in [0, 0.1) is 5.92 Å². The highest BCUT2D eigenvalue weighted by molar-refractivity contribution is 6.00. The van der Waals surface area contributed by atoms with Crippen molar-refractivity contribution in [3.8, 4) is 5.88 Å². The van der Waals surface area contributed by atoms with E-state index in [0.717, 1.165) is 53.8 Å². The van der Waals surface area contributed by atoms with E-state index in [9.17, 15) is 9.90 Å². The van der Waals surface area contributed by atoms with Gasteiger partial charge in [-0.3, -0.25) is 14.4 Å². The molecule has 1 unspecified atom stereocenters. The van der Waals surface area contributed by atoms with Crippen molar-refractivity contribution in [3.05, 3.63) is 54.2 Å². The number of amides is 1. The second kappa shape index (κ2) is 8.86. The molecule has 1 fully saturated rings. The van der Waals surface area contributed by atoms with Gasteiger partial charge in [-0.05, 0) is 37.0 Å². The van der Waals surface area contributed by atoms with Crippen molar-refractivity contribution in [1.82, 2.24) is 14.8 Å². The Morgan fingerprint density at radius 1 is 1.26 bits per heavy atom. The molecule has 178 valence electrons. The van der Waals surface area contributed by atoms with Crippen molar-refractivity contribution in [3.63, 3.8) is 0 Å². The fourth-order valence-corrected chi connectivity index (χ4v) is 4.70. The second-order valence-corrected chi connectivity index (χ2v) is 8.67. The quantitative estimate of drug-likeness (QED) is 0.569. The number of fused-ring (bicyclic) bond motifs is 1. The lowest BCUT2D eigenvalue weighted by atomic mass is 9.97. The molecule has 0 radical (unpaired) electrons. The Bertz CT molecular complexity index is 1250. The van der Waals surface area contributed by atoms with E-state index in [1.165, 1.54) is 6.26 Å². The first-order valence-corrected chi connectivity index (χ1v) is 11.3. The topological polar surface area (TPSA) is 119 Å². The number of anilines is 2. The number of hydrogen-bond acceptors (Lipinski definition) is 8. The third kappa shape index (κ3) is 3.90. The monoisotopic (exact) mass is 464 g/mol. The zero-order valence-electron chi connectivity index (χ0n) is 19.2. The first-order chi connectivity index (χ1) is 16.5. The highest BCUT2D eigenvalue weighted by Crippen LogP contribution is 2.44.